The number of hydrogen-bond donors (Lipinski definition) is 0. The van der Waals surface area contributed by atoms with E-state index in [9.17, 15) is 13.2 Å². The Bertz CT molecular complexity index is 929. The van der Waals surface area contributed by atoms with Gasteiger partial charge in [-0.1, -0.05) is 0 Å². The van der Waals surface area contributed by atoms with Crippen LogP contribution in [0.25, 0.3) is 5.69 Å². The number of nitrogens with zero attached hydrogens (tertiary/aromatic N) is 2. The van der Waals surface area contributed by atoms with E-state index in [0.29, 0.717) is 12.0 Å². The molecule has 1 aliphatic rings. The Labute approximate surface area is 154 Å². The fourth-order valence-corrected chi connectivity index (χ4v) is 5.32. The van der Waals surface area contributed by atoms with Gasteiger partial charge in [-0.2, -0.15) is 0 Å². The van der Waals surface area contributed by atoms with Gasteiger partial charge in [0.15, 0.2) is 9.84 Å². The first kappa shape index (κ1) is 18.5. The molecule has 0 spiro atoms. The van der Waals surface area contributed by atoms with Crippen molar-refractivity contribution in [1.82, 2.24) is 9.47 Å². The minimum atomic E-state index is -3.03. The Kier molecular flexibility index (Phi) is 4.84. The van der Waals surface area contributed by atoms with Gasteiger partial charge in [0.25, 0.3) is 5.91 Å². The van der Waals surface area contributed by atoms with Crippen LogP contribution in [0.15, 0.2) is 30.3 Å². The molecule has 1 atom stereocenters. The van der Waals surface area contributed by atoms with Crippen molar-refractivity contribution in [2.24, 2.45) is 0 Å². The molecule has 1 aromatic heterocycles. The number of aromatic nitrogens is 1. The molecule has 2 heterocycles. The topological polar surface area (TPSA) is 68.6 Å². The van der Waals surface area contributed by atoms with Crippen molar-refractivity contribution >= 4 is 15.7 Å². The maximum Gasteiger partial charge on any atom is 0.255 e. The summed E-state index contributed by atoms with van der Waals surface area (Å²) < 4.78 is 30.6. The molecule has 2 aromatic rings. The van der Waals surface area contributed by atoms with Crippen molar-refractivity contribution in [2.75, 3.05) is 25.7 Å². The average Bonchev–Trinajstić information content (AvgIpc) is 3.12. The van der Waals surface area contributed by atoms with Crippen LogP contribution in [0, 0.1) is 13.8 Å². The lowest BCUT2D eigenvalue weighted by Gasteiger charge is -2.23. The minimum Gasteiger partial charge on any atom is -0.497 e. The summed E-state index contributed by atoms with van der Waals surface area (Å²) in [4.78, 5) is 14.5. The van der Waals surface area contributed by atoms with Gasteiger partial charge in [-0.15, -0.1) is 0 Å². The summed E-state index contributed by atoms with van der Waals surface area (Å²) in [5.41, 5.74) is 3.34. The quantitative estimate of drug-likeness (QED) is 0.821. The van der Waals surface area contributed by atoms with Crippen LogP contribution in [0.3, 0.4) is 0 Å². The van der Waals surface area contributed by atoms with Crippen molar-refractivity contribution in [3.8, 4) is 11.4 Å². The van der Waals surface area contributed by atoms with Crippen molar-refractivity contribution in [2.45, 2.75) is 26.3 Å². The smallest absolute Gasteiger partial charge is 0.255 e. The number of rotatable bonds is 4. The SMILES string of the molecule is COc1ccc(-n2c(C)cc(C(=O)N(C)[C@@H]3CCS(=O)(=O)C3)c2C)cc1. The lowest BCUT2D eigenvalue weighted by Crippen LogP contribution is -2.38. The van der Waals surface area contributed by atoms with Gasteiger partial charge in [0, 0.05) is 30.2 Å². The van der Waals surface area contributed by atoms with Gasteiger partial charge in [0.05, 0.1) is 24.2 Å². The Balaban J connectivity index is 1.90. The summed E-state index contributed by atoms with van der Waals surface area (Å²) in [5, 5.41) is 0. The molecule has 6 nitrogen and oxygen atoms in total. The van der Waals surface area contributed by atoms with E-state index in [2.05, 4.69) is 0 Å². The molecule has 3 rings (SSSR count). The van der Waals surface area contributed by atoms with E-state index in [1.807, 2.05) is 48.7 Å². The lowest BCUT2D eigenvalue weighted by atomic mass is 10.1. The summed E-state index contributed by atoms with van der Waals surface area (Å²) >= 11 is 0. The molecule has 0 bridgehead atoms. The van der Waals surface area contributed by atoms with Crippen LogP contribution in [0.2, 0.25) is 0 Å². The van der Waals surface area contributed by atoms with E-state index in [0.717, 1.165) is 22.8 Å². The van der Waals surface area contributed by atoms with Crippen LogP contribution < -0.4 is 4.74 Å². The highest BCUT2D eigenvalue weighted by Crippen LogP contribution is 2.25. The third kappa shape index (κ3) is 3.35. The number of ether oxygens (including phenoxy) is 1. The highest BCUT2D eigenvalue weighted by molar-refractivity contribution is 7.91. The van der Waals surface area contributed by atoms with Crippen LogP contribution in [0.5, 0.6) is 5.75 Å². The Morgan fingerprint density at radius 3 is 2.42 bits per heavy atom. The van der Waals surface area contributed by atoms with E-state index in [-0.39, 0.29) is 23.5 Å². The van der Waals surface area contributed by atoms with Gasteiger partial charge in [-0.05, 0) is 50.6 Å². The molecule has 26 heavy (non-hydrogen) atoms. The Morgan fingerprint density at radius 1 is 1.23 bits per heavy atom. The number of amides is 1. The van der Waals surface area contributed by atoms with Gasteiger partial charge in [0.2, 0.25) is 0 Å². The van der Waals surface area contributed by atoms with Crippen LogP contribution in [0.1, 0.15) is 28.2 Å². The molecule has 1 amide bonds. The van der Waals surface area contributed by atoms with Crippen molar-refractivity contribution < 1.29 is 17.9 Å². The van der Waals surface area contributed by atoms with Crippen LogP contribution in [-0.4, -0.2) is 55.5 Å². The molecule has 7 heteroatoms. The van der Waals surface area contributed by atoms with Gasteiger partial charge in [-0.3, -0.25) is 4.79 Å². The van der Waals surface area contributed by atoms with E-state index in [1.165, 1.54) is 0 Å². The molecular formula is C19H24N2O4S. The van der Waals surface area contributed by atoms with Crippen molar-refractivity contribution in [1.29, 1.82) is 0 Å². The van der Waals surface area contributed by atoms with Crippen molar-refractivity contribution in [3.05, 3.63) is 47.3 Å². The maximum absolute atomic E-state index is 13.0. The highest BCUT2D eigenvalue weighted by atomic mass is 32.2. The van der Waals surface area contributed by atoms with Gasteiger partial charge >= 0.3 is 0 Å². The Hall–Kier alpha value is -2.28. The van der Waals surface area contributed by atoms with E-state index < -0.39 is 9.84 Å². The zero-order chi connectivity index (χ0) is 19.1. The third-order valence-corrected chi connectivity index (χ3v) is 6.82. The summed E-state index contributed by atoms with van der Waals surface area (Å²) in [7, 11) is 0.280. The first-order chi connectivity index (χ1) is 12.2. The molecule has 0 aliphatic carbocycles. The van der Waals surface area contributed by atoms with Crippen LogP contribution in [0.4, 0.5) is 0 Å². The third-order valence-electron chi connectivity index (χ3n) is 5.07. The minimum absolute atomic E-state index is 0.0481. The normalized spacial score (nSPS) is 18.7. The largest absolute Gasteiger partial charge is 0.497 e. The monoisotopic (exact) mass is 376 g/mol. The zero-order valence-corrected chi connectivity index (χ0v) is 16.3. The molecule has 1 aliphatic heterocycles. The summed E-state index contributed by atoms with van der Waals surface area (Å²) in [5.74, 6) is 0.835. The van der Waals surface area contributed by atoms with Gasteiger partial charge in [-0.25, -0.2) is 8.42 Å². The molecule has 140 valence electrons. The second-order valence-electron chi connectivity index (χ2n) is 6.79. The molecule has 0 saturated carbocycles. The molecule has 0 unspecified atom stereocenters. The summed E-state index contributed by atoms with van der Waals surface area (Å²) in [6.07, 6.45) is 0.502. The molecule has 0 N–H and O–H groups in total. The Morgan fingerprint density at radius 2 is 1.88 bits per heavy atom. The first-order valence-electron chi connectivity index (χ1n) is 8.54. The molecule has 1 saturated heterocycles. The van der Waals surface area contributed by atoms with Gasteiger partial charge < -0.3 is 14.2 Å². The highest BCUT2D eigenvalue weighted by Gasteiger charge is 2.34. The number of hydrogen-bond acceptors (Lipinski definition) is 4. The van der Waals surface area contributed by atoms with E-state index in [4.69, 9.17) is 4.74 Å². The molecule has 1 aromatic carbocycles. The average molecular weight is 376 g/mol. The fourth-order valence-electron chi connectivity index (χ4n) is 3.54. The lowest BCUT2D eigenvalue weighted by molar-refractivity contribution is 0.0747. The fraction of sp³-hybridized carbons (Fsp3) is 0.421. The zero-order valence-electron chi connectivity index (χ0n) is 15.5. The number of methoxy groups -OCH3 is 1. The number of carbonyl (C=O) groups is 1. The summed E-state index contributed by atoms with van der Waals surface area (Å²) in [6.45, 7) is 3.86. The molecule has 1 fully saturated rings. The summed E-state index contributed by atoms with van der Waals surface area (Å²) in [6, 6.07) is 9.26. The number of sulfone groups is 1. The van der Waals surface area contributed by atoms with Crippen molar-refractivity contribution in [3.63, 3.8) is 0 Å². The molecular weight excluding hydrogens is 352 g/mol. The van der Waals surface area contributed by atoms with E-state index in [1.54, 1.807) is 19.1 Å². The molecule has 0 radical (unpaired) electrons. The van der Waals surface area contributed by atoms with Crippen LogP contribution >= 0.6 is 0 Å². The standard InChI is InChI=1S/C19H24N2O4S/c1-13-11-18(19(22)20(3)16-9-10-26(23,24)12-16)14(2)21(13)15-5-7-17(25-4)8-6-15/h5-8,11,16H,9-10,12H2,1-4H3/t16-/m1/s1. The number of aryl methyl sites for hydroxylation is 1. The van der Waals surface area contributed by atoms with E-state index >= 15 is 0 Å². The maximum atomic E-state index is 13.0. The predicted molar refractivity (Wildman–Crippen MR) is 101 cm³/mol. The first-order valence-corrected chi connectivity index (χ1v) is 10.4. The number of carbonyl (C=O) groups excluding carboxylic acids is 1. The van der Waals surface area contributed by atoms with Gasteiger partial charge in [0.1, 0.15) is 5.75 Å². The number of benzene rings is 1. The second-order valence-corrected chi connectivity index (χ2v) is 9.02. The predicted octanol–water partition coefficient (Wildman–Crippen LogP) is 2.36. The second kappa shape index (κ2) is 6.79. The van der Waals surface area contributed by atoms with Crippen LogP contribution in [-0.2, 0) is 9.84 Å².